The normalized spacial score (nSPS) is 16.8. The molecule has 0 aromatic carbocycles. The molecule has 0 amide bonds. The smallest absolute Gasteiger partial charge is 0.0669 e. The molecule has 0 fully saturated rings. The molecule has 2 heteroatoms. The quantitative estimate of drug-likeness (QED) is 0.572. The average molecular weight is 112 g/mol. The Hall–Kier alpha value is -0.550. The van der Waals surface area contributed by atoms with E-state index in [0.717, 1.165) is 0 Å². The monoisotopic (exact) mass is 112 g/mol. The second-order valence-electron chi connectivity index (χ2n) is 2.00. The van der Waals surface area contributed by atoms with Crippen molar-refractivity contribution in [1.29, 1.82) is 5.26 Å². The molecule has 2 unspecified atom stereocenters. The molecular weight excluding hydrogens is 100 g/mol. The molecule has 0 aliphatic rings. The highest BCUT2D eigenvalue weighted by molar-refractivity contribution is 4.85. The van der Waals surface area contributed by atoms with Crippen molar-refractivity contribution in [2.45, 2.75) is 19.9 Å². The van der Waals surface area contributed by atoms with E-state index < -0.39 is 0 Å². The Morgan fingerprint density at radius 3 is 2.12 bits per heavy atom. The first-order valence-corrected chi connectivity index (χ1v) is 2.79. The first kappa shape index (κ1) is 7.45. The maximum Gasteiger partial charge on any atom is 0.0669 e. The SMILES string of the molecule is CNC(C)C(C)C#N. The summed E-state index contributed by atoms with van der Waals surface area (Å²) in [5, 5.41) is 11.3. The molecule has 0 radical (unpaired) electrons. The number of hydrogen-bond donors (Lipinski definition) is 1. The Morgan fingerprint density at radius 1 is 1.50 bits per heavy atom. The second kappa shape index (κ2) is 3.45. The lowest BCUT2D eigenvalue weighted by Gasteiger charge is -2.10. The predicted octanol–water partition coefficient (Wildman–Crippen LogP) is 0.754. The zero-order valence-electron chi connectivity index (χ0n) is 5.60. The van der Waals surface area contributed by atoms with E-state index in [1.807, 2.05) is 20.9 Å². The number of nitriles is 1. The number of nitrogens with one attached hydrogen (secondary N) is 1. The summed E-state index contributed by atoms with van der Waals surface area (Å²) < 4.78 is 0. The van der Waals surface area contributed by atoms with Crippen molar-refractivity contribution in [2.75, 3.05) is 7.05 Å². The largest absolute Gasteiger partial charge is 0.316 e. The van der Waals surface area contributed by atoms with Gasteiger partial charge in [-0.25, -0.2) is 0 Å². The van der Waals surface area contributed by atoms with Crippen molar-refractivity contribution >= 4 is 0 Å². The van der Waals surface area contributed by atoms with Crippen LogP contribution in [0, 0.1) is 17.2 Å². The average Bonchev–Trinajstić information content (AvgIpc) is 1.84. The molecule has 1 N–H and O–H groups in total. The van der Waals surface area contributed by atoms with Gasteiger partial charge in [-0.2, -0.15) is 5.26 Å². The molecule has 0 spiro atoms. The summed E-state index contributed by atoms with van der Waals surface area (Å²) in [7, 11) is 1.86. The van der Waals surface area contributed by atoms with Gasteiger partial charge in [-0.1, -0.05) is 0 Å². The molecule has 0 aliphatic heterocycles. The van der Waals surface area contributed by atoms with Crippen LogP contribution >= 0.6 is 0 Å². The Labute approximate surface area is 50.5 Å². The molecule has 0 saturated carbocycles. The van der Waals surface area contributed by atoms with Crippen molar-refractivity contribution in [1.82, 2.24) is 5.32 Å². The molecule has 0 rings (SSSR count). The molecular formula is C6H12N2. The molecule has 0 saturated heterocycles. The minimum absolute atomic E-state index is 0.111. The molecule has 8 heavy (non-hydrogen) atoms. The summed E-state index contributed by atoms with van der Waals surface area (Å²) in [6.07, 6.45) is 0. The topological polar surface area (TPSA) is 35.8 Å². The Bertz CT molecular complexity index is 93.2. The van der Waals surface area contributed by atoms with Gasteiger partial charge >= 0.3 is 0 Å². The van der Waals surface area contributed by atoms with Crippen LogP contribution in [0.1, 0.15) is 13.8 Å². The number of nitrogens with zero attached hydrogens (tertiary/aromatic N) is 1. The number of rotatable bonds is 2. The van der Waals surface area contributed by atoms with Gasteiger partial charge in [0.25, 0.3) is 0 Å². The van der Waals surface area contributed by atoms with E-state index >= 15 is 0 Å². The molecule has 0 aromatic rings. The van der Waals surface area contributed by atoms with Gasteiger partial charge in [-0.05, 0) is 20.9 Å². The minimum Gasteiger partial charge on any atom is -0.316 e. The number of hydrogen-bond acceptors (Lipinski definition) is 2. The van der Waals surface area contributed by atoms with Crippen LogP contribution in [-0.4, -0.2) is 13.1 Å². The van der Waals surface area contributed by atoms with Gasteiger partial charge in [0, 0.05) is 6.04 Å². The van der Waals surface area contributed by atoms with Crippen molar-refractivity contribution in [2.24, 2.45) is 5.92 Å². The highest BCUT2D eigenvalue weighted by Gasteiger charge is 2.06. The van der Waals surface area contributed by atoms with Crippen molar-refractivity contribution in [3.8, 4) is 6.07 Å². The fraction of sp³-hybridized carbons (Fsp3) is 0.833. The first-order valence-electron chi connectivity index (χ1n) is 2.79. The van der Waals surface area contributed by atoms with Gasteiger partial charge in [0.05, 0.1) is 12.0 Å². The molecule has 0 aliphatic carbocycles. The zero-order valence-corrected chi connectivity index (χ0v) is 5.60. The van der Waals surface area contributed by atoms with E-state index in [1.54, 1.807) is 0 Å². The molecule has 2 atom stereocenters. The van der Waals surface area contributed by atoms with E-state index in [2.05, 4.69) is 11.4 Å². The maximum absolute atomic E-state index is 8.35. The summed E-state index contributed by atoms with van der Waals surface area (Å²) in [6.45, 7) is 3.90. The maximum atomic E-state index is 8.35. The lowest BCUT2D eigenvalue weighted by Crippen LogP contribution is -2.27. The van der Waals surface area contributed by atoms with Gasteiger partial charge in [-0.3, -0.25) is 0 Å². The standard InChI is InChI=1S/C6H12N2/c1-5(4-7)6(2)8-3/h5-6,8H,1-3H3. The predicted molar refractivity (Wildman–Crippen MR) is 33.3 cm³/mol. The fourth-order valence-corrected chi connectivity index (χ4v) is 0.362. The van der Waals surface area contributed by atoms with E-state index in [4.69, 9.17) is 5.26 Å². The van der Waals surface area contributed by atoms with Crippen LogP contribution in [-0.2, 0) is 0 Å². The zero-order chi connectivity index (χ0) is 6.57. The molecule has 0 bridgehead atoms. The Balaban J connectivity index is 3.49. The van der Waals surface area contributed by atoms with Crippen LogP contribution in [0.2, 0.25) is 0 Å². The third kappa shape index (κ3) is 1.94. The summed E-state index contributed by atoms with van der Waals surface area (Å²) in [4.78, 5) is 0. The Kier molecular flexibility index (Phi) is 3.21. The van der Waals surface area contributed by atoms with Crippen LogP contribution in [0.3, 0.4) is 0 Å². The third-order valence-electron chi connectivity index (χ3n) is 1.41. The molecule has 2 nitrogen and oxygen atoms in total. The van der Waals surface area contributed by atoms with E-state index in [9.17, 15) is 0 Å². The summed E-state index contributed by atoms with van der Waals surface area (Å²) >= 11 is 0. The van der Waals surface area contributed by atoms with E-state index in [-0.39, 0.29) is 5.92 Å². The van der Waals surface area contributed by atoms with Crippen LogP contribution in [0.15, 0.2) is 0 Å². The molecule has 0 heterocycles. The summed E-state index contributed by atoms with van der Waals surface area (Å²) in [5.74, 6) is 0.111. The second-order valence-corrected chi connectivity index (χ2v) is 2.00. The highest BCUT2D eigenvalue weighted by Crippen LogP contribution is 1.97. The highest BCUT2D eigenvalue weighted by atomic mass is 14.9. The third-order valence-corrected chi connectivity index (χ3v) is 1.41. The van der Waals surface area contributed by atoms with Gasteiger partial charge in [0.15, 0.2) is 0 Å². The van der Waals surface area contributed by atoms with Crippen molar-refractivity contribution in [3.63, 3.8) is 0 Å². The first-order chi connectivity index (χ1) is 3.72. The van der Waals surface area contributed by atoms with Crippen LogP contribution in [0.25, 0.3) is 0 Å². The van der Waals surface area contributed by atoms with Gasteiger partial charge < -0.3 is 5.32 Å². The summed E-state index contributed by atoms with van der Waals surface area (Å²) in [5.41, 5.74) is 0. The summed E-state index contributed by atoms with van der Waals surface area (Å²) in [6, 6.07) is 2.46. The van der Waals surface area contributed by atoms with Crippen LogP contribution in [0.5, 0.6) is 0 Å². The van der Waals surface area contributed by atoms with Crippen LogP contribution in [0.4, 0.5) is 0 Å². The lowest BCUT2D eigenvalue weighted by molar-refractivity contribution is 0.507. The van der Waals surface area contributed by atoms with E-state index in [1.165, 1.54) is 0 Å². The minimum atomic E-state index is 0.111. The van der Waals surface area contributed by atoms with Crippen molar-refractivity contribution in [3.05, 3.63) is 0 Å². The molecule has 46 valence electrons. The van der Waals surface area contributed by atoms with Crippen molar-refractivity contribution < 1.29 is 0 Å². The van der Waals surface area contributed by atoms with Crippen LogP contribution < -0.4 is 5.32 Å². The Morgan fingerprint density at radius 2 is 2.00 bits per heavy atom. The fourth-order valence-electron chi connectivity index (χ4n) is 0.362. The van der Waals surface area contributed by atoms with Gasteiger partial charge in [0.2, 0.25) is 0 Å². The van der Waals surface area contributed by atoms with E-state index in [0.29, 0.717) is 6.04 Å². The van der Waals surface area contributed by atoms with Gasteiger partial charge in [-0.15, -0.1) is 0 Å². The lowest BCUT2D eigenvalue weighted by atomic mass is 10.1. The molecule has 0 aromatic heterocycles. The van der Waals surface area contributed by atoms with Gasteiger partial charge in [0.1, 0.15) is 0 Å².